The molecule has 0 spiro atoms. The van der Waals surface area contributed by atoms with Crippen molar-refractivity contribution in [3.05, 3.63) is 188 Å². The van der Waals surface area contributed by atoms with E-state index in [9.17, 15) is 0 Å². The molecular formula is C50H31N5O. The van der Waals surface area contributed by atoms with Crippen molar-refractivity contribution in [2.45, 2.75) is 0 Å². The molecule has 0 saturated heterocycles. The summed E-state index contributed by atoms with van der Waals surface area (Å²) in [7, 11) is 0. The lowest BCUT2D eigenvalue weighted by atomic mass is 10.0. The van der Waals surface area contributed by atoms with Crippen LogP contribution in [0.5, 0.6) is 0 Å². The molecule has 0 fully saturated rings. The van der Waals surface area contributed by atoms with Gasteiger partial charge in [-0.15, -0.1) is 5.10 Å². The molecule has 4 aromatic heterocycles. The first-order valence-electron chi connectivity index (χ1n) is 18.9. The maximum absolute atomic E-state index is 6.48. The van der Waals surface area contributed by atoms with E-state index in [4.69, 9.17) is 14.7 Å². The number of furan rings is 1. The summed E-state index contributed by atoms with van der Waals surface area (Å²) in [6, 6.07) is 66.2. The molecule has 0 unspecified atom stereocenters. The van der Waals surface area contributed by atoms with Crippen LogP contribution in [0.3, 0.4) is 0 Å². The van der Waals surface area contributed by atoms with E-state index in [1.165, 1.54) is 16.2 Å². The third-order valence-corrected chi connectivity index (χ3v) is 11.2. The van der Waals surface area contributed by atoms with E-state index in [0.29, 0.717) is 0 Å². The van der Waals surface area contributed by atoms with Gasteiger partial charge in [0.1, 0.15) is 22.6 Å². The predicted molar refractivity (Wildman–Crippen MR) is 228 cm³/mol. The molecule has 0 N–H and O–H groups in total. The number of para-hydroxylation sites is 7. The van der Waals surface area contributed by atoms with Gasteiger partial charge in [0, 0.05) is 49.5 Å². The number of nitrogens with zero attached hydrogens (tertiary/aromatic N) is 5. The lowest BCUT2D eigenvalue weighted by molar-refractivity contribution is 0.669. The van der Waals surface area contributed by atoms with Crippen LogP contribution in [0.25, 0.3) is 105 Å². The van der Waals surface area contributed by atoms with E-state index in [0.717, 1.165) is 89.0 Å². The second-order valence-electron chi connectivity index (χ2n) is 14.3. The highest BCUT2D eigenvalue weighted by Crippen LogP contribution is 2.44. The van der Waals surface area contributed by atoms with Crippen molar-refractivity contribution in [2.24, 2.45) is 0 Å². The zero-order chi connectivity index (χ0) is 36.7. The van der Waals surface area contributed by atoms with Crippen molar-refractivity contribution in [1.29, 1.82) is 0 Å². The highest BCUT2D eigenvalue weighted by Gasteiger charge is 2.25. The molecular weight excluding hydrogens is 687 g/mol. The van der Waals surface area contributed by atoms with Gasteiger partial charge in [0.25, 0.3) is 0 Å². The molecule has 8 aromatic carbocycles. The summed E-state index contributed by atoms with van der Waals surface area (Å²) in [6.45, 7) is 0. The third-order valence-electron chi connectivity index (χ3n) is 11.2. The van der Waals surface area contributed by atoms with Crippen molar-refractivity contribution in [3.8, 4) is 39.6 Å². The van der Waals surface area contributed by atoms with Gasteiger partial charge in [-0.25, -0.2) is 4.68 Å². The molecule has 56 heavy (non-hydrogen) atoms. The number of rotatable bonds is 5. The Bertz CT molecular complexity index is 3420. The molecule has 12 aromatic rings. The first-order valence-corrected chi connectivity index (χ1v) is 18.9. The Balaban J connectivity index is 1.20. The van der Waals surface area contributed by atoms with Crippen molar-refractivity contribution in [1.82, 2.24) is 24.1 Å². The summed E-state index contributed by atoms with van der Waals surface area (Å²) in [5.74, 6) is 0. The van der Waals surface area contributed by atoms with Gasteiger partial charge >= 0.3 is 0 Å². The molecule has 6 heteroatoms. The second kappa shape index (κ2) is 11.9. The minimum atomic E-state index is 0.823. The Kier molecular flexibility index (Phi) is 6.53. The van der Waals surface area contributed by atoms with Crippen LogP contribution in [0, 0.1) is 0 Å². The zero-order valence-electron chi connectivity index (χ0n) is 30.0. The molecule has 12 rings (SSSR count). The Morgan fingerprint density at radius 2 is 1.02 bits per heavy atom. The van der Waals surface area contributed by atoms with Gasteiger partial charge in [-0.1, -0.05) is 139 Å². The first kappa shape index (κ1) is 30.7. The summed E-state index contributed by atoms with van der Waals surface area (Å²) in [5, 5.41) is 16.6. The fourth-order valence-corrected chi connectivity index (χ4v) is 8.81. The van der Waals surface area contributed by atoms with Gasteiger partial charge in [0.05, 0.1) is 39.1 Å². The summed E-state index contributed by atoms with van der Waals surface area (Å²) in [4.78, 5) is 0. The number of fused-ring (bicyclic) bond motifs is 9. The van der Waals surface area contributed by atoms with E-state index in [-0.39, 0.29) is 0 Å². The number of benzene rings is 8. The molecule has 0 amide bonds. The fraction of sp³-hybridized carbons (Fsp3) is 0. The minimum absolute atomic E-state index is 0.823. The van der Waals surface area contributed by atoms with E-state index >= 15 is 0 Å². The summed E-state index contributed by atoms with van der Waals surface area (Å²) >= 11 is 0. The standard InChI is InChI=1S/C50H31N5O/c1-3-16-32(17-4-1)48-50(55(52-51-48)33-18-5-2-6-19-33)38-24-15-23-37-34-20-7-11-26-42(34)54(49(37)38)44-28-13-12-27-43(44)53-41-25-10-8-21-35(41)39-30-40-36-22-9-14-29-46(36)56-47(40)31-45(39)53/h1-31H. The maximum Gasteiger partial charge on any atom is 0.137 e. The fourth-order valence-electron chi connectivity index (χ4n) is 8.81. The first-order chi connectivity index (χ1) is 27.8. The van der Waals surface area contributed by atoms with Crippen LogP contribution in [-0.4, -0.2) is 24.1 Å². The van der Waals surface area contributed by atoms with Crippen LogP contribution in [0.4, 0.5) is 0 Å². The molecule has 6 nitrogen and oxygen atoms in total. The summed E-state index contributed by atoms with van der Waals surface area (Å²) in [6.07, 6.45) is 0. The van der Waals surface area contributed by atoms with Gasteiger partial charge in [0.2, 0.25) is 0 Å². The summed E-state index contributed by atoms with van der Waals surface area (Å²) in [5.41, 5.74) is 13.0. The van der Waals surface area contributed by atoms with Crippen LogP contribution in [0.2, 0.25) is 0 Å². The lowest BCUT2D eigenvalue weighted by Crippen LogP contribution is -2.05. The third kappa shape index (κ3) is 4.38. The van der Waals surface area contributed by atoms with E-state index in [1.807, 2.05) is 41.1 Å². The van der Waals surface area contributed by atoms with Crippen LogP contribution in [0.15, 0.2) is 192 Å². The molecule has 262 valence electrons. The minimum Gasteiger partial charge on any atom is -0.456 e. The summed E-state index contributed by atoms with van der Waals surface area (Å²) < 4.78 is 13.3. The van der Waals surface area contributed by atoms with Gasteiger partial charge in [0.15, 0.2) is 0 Å². The molecule has 0 radical (unpaired) electrons. The predicted octanol–water partition coefficient (Wildman–Crippen LogP) is 12.7. The van der Waals surface area contributed by atoms with Crippen LogP contribution in [-0.2, 0) is 0 Å². The molecule has 0 aliphatic rings. The molecule has 0 atom stereocenters. The number of hydrogen-bond donors (Lipinski definition) is 0. The average molecular weight is 718 g/mol. The molecule has 4 heterocycles. The number of hydrogen-bond acceptors (Lipinski definition) is 3. The molecule has 0 aliphatic heterocycles. The van der Waals surface area contributed by atoms with E-state index in [2.05, 4.69) is 161 Å². The maximum atomic E-state index is 6.48. The molecule has 0 bridgehead atoms. The van der Waals surface area contributed by atoms with Crippen molar-refractivity contribution in [3.63, 3.8) is 0 Å². The number of aromatic nitrogens is 5. The highest BCUT2D eigenvalue weighted by molar-refractivity contribution is 6.18. The SMILES string of the molecule is c1ccc(-c2nnn(-c3ccccc3)c2-c2cccc3c4ccccc4n(-c4ccccc4-n4c5ccccc5c5cc6c(cc54)oc4ccccc46)c23)cc1. The molecule has 0 aliphatic carbocycles. The second-order valence-corrected chi connectivity index (χ2v) is 14.3. The van der Waals surface area contributed by atoms with Crippen molar-refractivity contribution >= 4 is 65.6 Å². The average Bonchev–Trinajstić information content (AvgIpc) is 4.03. The van der Waals surface area contributed by atoms with Gasteiger partial charge in [-0.2, -0.15) is 0 Å². The Labute approximate surface area is 320 Å². The van der Waals surface area contributed by atoms with Crippen molar-refractivity contribution in [2.75, 3.05) is 0 Å². The van der Waals surface area contributed by atoms with Gasteiger partial charge < -0.3 is 13.6 Å². The zero-order valence-corrected chi connectivity index (χ0v) is 30.0. The van der Waals surface area contributed by atoms with Crippen molar-refractivity contribution < 1.29 is 4.42 Å². The smallest absolute Gasteiger partial charge is 0.137 e. The van der Waals surface area contributed by atoms with Crippen LogP contribution in [0.1, 0.15) is 0 Å². The Morgan fingerprint density at radius 1 is 0.411 bits per heavy atom. The van der Waals surface area contributed by atoms with Gasteiger partial charge in [-0.3, -0.25) is 0 Å². The Hall–Kier alpha value is -7.70. The largest absolute Gasteiger partial charge is 0.456 e. The quantitative estimate of drug-likeness (QED) is 0.178. The topological polar surface area (TPSA) is 53.7 Å². The van der Waals surface area contributed by atoms with Crippen LogP contribution < -0.4 is 0 Å². The van der Waals surface area contributed by atoms with E-state index in [1.54, 1.807) is 0 Å². The Morgan fingerprint density at radius 3 is 1.80 bits per heavy atom. The molecule has 0 saturated carbocycles. The van der Waals surface area contributed by atoms with Crippen LogP contribution >= 0.6 is 0 Å². The van der Waals surface area contributed by atoms with Gasteiger partial charge in [-0.05, 0) is 48.5 Å². The monoisotopic (exact) mass is 717 g/mol. The normalized spacial score (nSPS) is 11.9. The van der Waals surface area contributed by atoms with E-state index < -0.39 is 0 Å². The highest BCUT2D eigenvalue weighted by atomic mass is 16.3. The lowest BCUT2D eigenvalue weighted by Gasteiger charge is -2.18.